The lowest BCUT2D eigenvalue weighted by atomic mass is 10.6. The predicted octanol–water partition coefficient (Wildman–Crippen LogP) is -0.301. The highest BCUT2D eigenvalue weighted by Gasteiger charge is 1.98. The zero-order valence-corrected chi connectivity index (χ0v) is 5.10. The van der Waals surface area contributed by atoms with Gasteiger partial charge >= 0.3 is 0 Å². The number of nitrogens with zero attached hydrogens (tertiary/aromatic N) is 3. The highest BCUT2D eigenvalue weighted by atomic mass is 16.6. The number of anilines is 1. The van der Waals surface area contributed by atoms with Crippen LogP contribution in [0.1, 0.15) is 0 Å². The lowest BCUT2D eigenvalue weighted by Gasteiger charge is -1.89. The van der Waals surface area contributed by atoms with Crippen molar-refractivity contribution in [3.63, 3.8) is 0 Å². The van der Waals surface area contributed by atoms with Gasteiger partial charge in [-0.05, 0) is 0 Å². The first-order chi connectivity index (χ1) is 4.68. The third-order valence-electron chi connectivity index (χ3n) is 0.914. The molecule has 54 valence electrons. The monoisotopic (exact) mass is 142 g/mol. The Morgan fingerprint density at radius 3 is 3.00 bits per heavy atom. The molecule has 0 fully saturated rings. The van der Waals surface area contributed by atoms with E-state index in [1.54, 1.807) is 0 Å². The van der Waals surface area contributed by atoms with Crippen LogP contribution in [0.25, 0.3) is 0 Å². The summed E-state index contributed by atoms with van der Waals surface area (Å²) in [7, 11) is 0. The predicted molar refractivity (Wildman–Crippen MR) is 33.6 cm³/mol. The van der Waals surface area contributed by atoms with E-state index in [0.717, 1.165) is 4.68 Å². The highest BCUT2D eigenvalue weighted by molar-refractivity contribution is 5.30. The van der Waals surface area contributed by atoms with Crippen LogP contribution >= 0.6 is 0 Å². The summed E-state index contributed by atoms with van der Waals surface area (Å²) in [4.78, 5) is 9.40. The standard InChI is InChI=1S/C4H6N4O2/c5-4-1-6-7(2-4)3-8(9)10/h1-2H,3,5H2. The van der Waals surface area contributed by atoms with Gasteiger partial charge in [0.15, 0.2) is 0 Å². The molecule has 0 spiro atoms. The van der Waals surface area contributed by atoms with Crippen molar-refractivity contribution in [2.45, 2.75) is 6.67 Å². The minimum Gasteiger partial charge on any atom is -0.396 e. The van der Waals surface area contributed by atoms with Crippen LogP contribution in [0.2, 0.25) is 0 Å². The Kier molecular flexibility index (Phi) is 1.53. The van der Waals surface area contributed by atoms with Crippen molar-refractivity contribution < 1.29 is 4.92 Å². The first-order valence-electron chi connectivity index (χ1n) is 2.58. The van der Waals surface area contributed by atoms with E-state index in [0.29, 0.717) is 5.69 Å². The Bertz CT molecular complexity index is 243. The molecule has 0 aromatic carbocycles. The molecule has 0 aliphatic rings. The molecule has 0 saturated carbocycles. The summed E-state index contributed by atoms with van der Waals surface area (Å²) in [6, 6.07) is 0. The Morgan fingerprint density at radius 1 is 1.90 bits per heavy atom. The van der Waals surface area contributed by atoms with E-state index in [9.17, 15) is 10.1 Å². The van der Waals surface area contributed by atoms with Crippen LogP contribution in [0, 0.1) is 10.1 Å². The number of hydrogen-bond acceptors (Lipinski definition) is 4. The van der Waals surface area contributed by atoms with Gasteiger partial charge in [0.2, 0.25) is 0 Å². The van der Waals surface area contributed by atoms with Gasteiger partial charge in [-0.1, -0.05) is 0 Å². The average Bonchev–Trinajstić information content (AvgIpc) is 2.13. The summed E-state index contributed by atoms with van der Waals surface area (Å²) < 4.78 is 1.16. The van der Waals surface area contributed by atoms with Crippen LogP contribution in [0.4, 0.5) is 5.69 Å². The number of hydrogen-bond donors (Lipinski definition) is 1. The van der Waals surface area contributed by atoms with Gasteiger partial charge in [-0.25, -0.2) is 4.68 Å². The summed E-state index contributed by atoms with van der Waals surface area (Å²) in [6.45, 7) is -0.336. The van der Waals surface area contributed by atoms with Crippen molar-refractivity contribution in [3.8, 4) is 0 Å². The molecule has 0 unspecified atom stereocenters. The van der Waals surface area contributed by atoms with E-state index in [2.05, 4.69) is 5.10 Å². The van der Waals surface area contributed by atoms with Crippen molar-refractivity contribution in [3.05, 3.63) is 22.5 Å². The van der Waals surface area contributed by atoms with Crippen molar-refractivity contribution >= 4 is 5.69 Å². The van der Waals surface area contributed by atoms with Crippen LogP contribution in [0.3, 0.4) is 0 Å². The average molecular weight is 142 g/mol. The summed E-state index contributed by atoms with van der Waals surface area (Å²) in [6.07, 6.45) is 2.77. The first kappa shape index (κ1) is 6.53. The third kappa shape index (κ3) is 1.44. The van der Waals surface area contributed by atoms with Crippen molar-refractivity contribution in [1.29, 1.82) is 0 Å². The number of rotatable bonds is 2. The molecule has 10 heavy (non-hydrogen) atoms. The molecule has 1 rings (SSSR count). The molecular weight excluding hydrogens is 136 g/mol. The molecule has 0 bridgehead atoms. The smallest absolute Gasteiger partial charge is 0.296 e. The molecule has 0 saturated heterocycles. The lowest BCUT2D eigenvalue weighted by molar-refractivity contribution is -0.515. The summed E-state index contributed by atoms with van der Waals surface area (Å²) in [5.41, 5.74) is 5.68. The molecule has 0 amide bonds. The zero-order chi connectivity index (χ0) is 7.56. The highest BCUT2D eigenvalue weighted by Crippen LogP contribution is 1.96. The van der Waals surface area contributed by atoms with Crippen molar-refractivity contribution in [2.24, 2.45) is 0 Å². The van der Waals surface area contributed by atoms with E-state index >= 15 is 0 Å². The quantitative estimate of drug-likeness (QED) is 0.453. The molecular formula is C4H6N4O2. The second-order valence-corrected chi connectivity index (χ2v) is 1.79. The van der Waals surface area contributed by atoms with Gasteiger partial charge < -0.3 is 5.73 Å². The normalized spacial score (nSPS) is 9.60. The van der Waals surface area contributed by atoms with E-state index in [-0.39, 0.29) is 6.67 Å². The molecule has 1 aromatic heterocycles. The summed E-state index contributed by atoms with van der Waals surface area (Å²) >= 11 is 0. The number of nitrogens with two attached hydrogens (primary N) is 1. The number of aromatic nitrogens is 2. The Hall–Kier alpha value is -1.59. The Labute approximate surface area is 56.4 Å². The van der Waals surface area contributed by atoms with E-state index < -0.39 is 4.92 Å². The van der Waals surface area contributed by atoms with Crippen molar-refractivity contribution in [2.75, 3.05) is 5.73 Å². The second-order valence-electron chi connectivity index (χ2n) is 1.79. The SMILES string of the molecule is Nc1cnn(C[N+](=O)[O-])c1. The topological polar surface area (TPSA) is 87.0 Å². The lowest BCUT2D eigenvalue weighted by Crippen LogP contribution is -2.07. The Morgan fingerprint density at radius 2 is 2.60 bits per heavy atom. The molecule has 0 aliphatic carbocycles. The van der Waals surface area contributed by atoms with Crippen LogP contribution in [-0.2, 0) is 6.67 Å². The van der Waals surface area contributed by atoms with E-state index in [4.69, 9.17) is 5.73 Å². The van der Waals surface area contributed by atoms with Gasteiger partial charge in [-0.3, -0.25) is 10.1 Å². The van der Waals surface area contributed by atoms with Crippen LogP contribution in [0.15, 0.2) is 12.4 Å². The fourth-order valence-electron chi connectivity index (χ4n) is 0.575. The van der Waals surface area contributed by atoms with Gasteiger partial charge in [0.05, 0.1) is 18.1 Å². The number of nitrogen functional groups attached to an aromatic ring is 1. The van der Waals surface area contributed by atoms with Crippen LogP contribution in [-0.4, -0.2) is 14.7 Å². The first-order valence-corrected chi connectivity index (χ1v) is 2.58. The van der Waals surface area contributed by atoms with Gasteiger partial charge in [0.1, 0.15) is 0 Å². The zero-order valence-electron chi connectivity index (χ0n) is 5.10. The van der Waals surface area contributed by atoms with E-state index in [1.807, 2.05) is 0 Å². The molecule has 6 heteroatoms. The molecule has 1 heterocycles. The summed E-state index contributed by atoms with van der Waals surface area (Å²) in [5.74, 6) is 0. The van der Waals surface area contributed by atoms with Gasteiger partial charge in [0.25, 0.3) is 6.67 Å². The third-order valence-corrected chi connectivity index (χ3v) is 0.914. The maximum absolute atomic E-state index is 9.88. The largest absolute Gasteiger partial charge is 0.396 e. The minimum atomic E-state index is -0.480. The second kappa shape index (κ2) is 2.34. The van der Waals surface area contributed by atoms with Crippen molar-refractivity contribution in [1.82, 2.24) is 9.78 Å². The molecule has 0 atom stereocenters. The fourth-order valence-corrected chi connectivity index (χ4v) is 0.575. The van der Waals surface area contributed by atoms with Gasteiger partial charge in [0, 0.05) is 4.92 Å². The van der Waals surface area contributed by atoms with Gasteiger partial charge in [-0.2, -0.15) is 5.10 Å². The maximum atomic E-state index is 9.88. The van der Waals surface area contributed by atoms with Crippen LogP contribution < -0.4 is 5.73 Å². The Balaban J connectivity index is 2.67. The minimum absolute atomic E-state index is 0.336. The summed E-state index contributed by atoms with van der Waals surface area (Å²) in [5, 5.41) is 13.5. The molecule has 1 aromatic rings. The van der Waals surface area contributed by atoms with Crippen LogP contribution in [0.5, 0.6) is 0 Å². The van der Waals surface area contributed by atoms with Gasteiger partial charge in [-0.15, -0.1) is 0 Å². The van der Waals surface area contributed by atoms with E-state index in [1.165, 1.54) is 12.4 Å². The molecule has 2 N–H and O–H groups in total. The number of nitro groups is 1. The molecule has 0 radical (unpaired) electrons. The molecule has 0 aliphatic heterocycles. The fraction of sp³-hybridized carbons (Fsp3) is 0.250. The maximum Gasteiger partial charge on any atom is 0.296 e. The molecule has 6 nitrogen and oxygen atoms in total.